The molecule has 23 heavy (non-hydrogen) atoms. The van der Waals surface area contributed by atoms with Gasteiger partial charge in [-0.05, 0) is 34.1 Å². The molecule has 0 amide bonds. The van der Waals surface area contributed by atoms with Gasteiger partial charge in [-0.15, -0.1) is 0 Å². The van der Waals surface area contributed by atoms with Crippen molar-refractivity contribution >= 4 is 0 Å². The molecule has 2 nitrogen and oxygen atoms in total. The zero-order valence-corrected chi connectivity index (χ0v) is 17.5. The third kappa shape index (κ3) is 6.91. The van der Waals surface area contributed by atoms with Crippen LogP contribution < -0.4 is 0 Å². The van der Waals surface area contributed by atoms with E-state index in [-0.39, 0.29) is 37.0 Å². The van der Waals surface area contributed by atoms with Crippen LogP contribution in [0.4, 0.5) is 0 Å². The fourth-order valence-electron chi connectivity index (χ4n) is 2.22. The molecule has 3 heteroatoms. The van der Waals surface area contributed by atoms with Gasteiger partial charge in [-0.1, -0.05) is 77.9 Å². The van der Waals surface area contributed by atoms with Crippen LogP contribution in [0.5, 0.6) is 11.5 Å². The summed E-state index contributed by atoms with van der Waals surface area (Å²) in [4.78, 5) is 0. The average molecular weight is 392 g/mol. The maximum Gasteiger partial charge on any atom is 0.119 e. The van der Waals surface area contributed by atoms with Crippen molar-refractivity contribution in [3.8, 4) is 11.5 Å². The molecule has 2 rings (SSSR count). The maximum atomic E-state index is 9.45. The van der Waals surface area contributed by atoms with Crippen molar-refractivity contribution in [3.63, 3.8) is 0 Å². The monoisotopic (exact) mass is 390 g/mol. The first-order valence-electron chi connectivity index (χ1n) is 7.60. The summed E-state index contributed by atoms with van der Waals surface area (Å²) in [5, 5.41) is 18.9. The van der Waals surface area contributed by atoms with Crippen LogP contribution in [0.25, 0.3) is 0 Å². The molecule has 0 aromatic heterocycles. The Morgan fingerprint density at radius 1 is 0.565 bits per heavy atom. The van der Waals surface area contributed by atoms with Gasteiger partial charge in [-0.2, -0.15) is 0 Å². The molecular formula is C20H28O2Zr. The van der Waals surface area contributed by atoms with E-state index >= 15 is 0 Å². The Bertz CT molecular complexity index is 552. The molecule has 0 heterocycles. The van der Waals surface area contributed by atoms with E-state index in [2.05, 4.69) is 41.5 Å². The van der Waals surface area contributed by atoms with Crippen LogP contribution in [-0.4, -0.2) is 10.2 Å². The number of rotatable bonds is 0. The second kappa shape index (κ2) is 8.69. The number of para-hydroxylation sites is 2. The van der Waals surface area contributed by atoms with Gasteiger partial charge in [0.1, 0.15) is 11.5 Å². The molecular weight excluding hydrogens is 363 g/mol. The van der Waals surface area contributed by atoms with Crippen molar-refractivity contribution in [2.75, 3.05) is 0 Å². The summed E-state index contributed by atoms with van der Waals surface area (Å²) in [5.74, 6) is 0.778. The van der Waals surface area contributed by atoms with Crippen molar-refractivity contribution in [2.45, 2.75) is 52.4 Å². The zero-order chi connectivity index (χ0) is 17.0. The topological polar surface area (TPSA) is 40.5 Å². The normalized spacial score (nSPS) is 11.0. The quantitative estimate of drug-likeness (QED) is 0.633. The Labute approximate surface area is 159 Å². The zero-order valence-electron chi connectivity index (χ0n) is 15.0. The molecule has 0 bridgehead atoms. The van der Waals surface area contributed by atoms with E-state index in [0.717, 1.165) is 11.1 Å². The van der Waals surface area contributed by atoms with Crippen LogP contribution in [0.2, 0.25) is 0 Å². The standard InChI is InChI=1S/2C10H14O.Zr/c2*1-10(2,3)8-6-4-5-7-9(8)11;/h2*4-7,11H,1-3H3;. The van der Waals surface area contributed by atoms with E-state index in [0.29, 0.717) is 11.5 Å². The number of hydrogen-bond donors (Lipinski definition) is 2. The van der Waals surface area contributed by atoms with Gasteiger partial charge in [-0.25, -0.2) is 0 Å². The predicted octanol–water partition coefficient (Wildman–Crippen LogP) is 5.38. The molecule has 0 aliphatic rings. The summed E-state index contributed by atoms with van der Waals surface area (Å²) in [6.07, 6.45) is 0. The molecule has 0 aliphatic carbocycles. The molecule has 2 aromatic carbocycles. The van der Waals surface area contributed by atoms with Crippen LogP contribution in [0.3, 0.4) is 0 Å². The number of aromatic hydroxyl groups is 2. The molecule has 0 atom stereocenters. The third-order valence-electron chi connectivity index (χ3n) is 3.42. The minimum Gasteiger partial charge on any atom is -0.508 e. The van der Waals surface area contributed by atoms with Gasteiger partial charge in [0, 0.05) is 26.2 Å². The van der Waals surface area contributed by atoms with Gasteiger partial charge < -0.3 is 10.2 Å². The van der Waals surface area contributed by atoms with Crippen LogP contribution in [0.1, 0.15) is 52.7 Å². The molecule has 2 N–H and O–H groups in total. The van der Waals surface area contributed by atoms with Crippen molar-refractivity contribution < 1.29 is 36.4 Å². The number of phenols is 2. The molecule has 2 aromatic rings. The Kier molecular flexibility index (Phi) is 8.28. The van der Waals surface area contributed by atoms with Crippen LogP contribution in [-0.2, 0) is 37.0 Å². The molecule has 124 valence electrons. The van der Waals surface area contributed by atoms with Crippen molar-refractivity contribution in [3.05, 3.63) is 59.7 Å². The van der Waals surface area contributed by atoms with E-state index < -0.39 is 0 Å². The minimum absolute atomic E-state index is 0. The van der Waals surface area contributed by atoms with Gasteiger partial charge in [0.15, 0.2) is 0 Å². The summed E-state index contributed by atoms with van der Waals surface area (Å²) in [7, 11) is 0. The Hall–Kier alpha value is -1.08. The second-order valence-electron chi connectivity index (χ2n) is 7.53. The average Bonchev–Trinajstić information content (AvgIpc) is 2.37. The summed E-state index contributed by atoms with van der Waals surface area (Å²) < 4.78 is 0. The SMILES string of the molecule is CC(C)(C)c1ccccc1O.CC(C)(C)c1ccccc1O.[Zr]. The number of phenolic OH excluding ortho intramolecular Hbond substituents is 2. The smallest absolute Gasteiger partial charge is 0.119 e. The van der Waals surface area contributed by atoms with Gasteiger partial charge in [0.25, 0.3) is 0 Å². The van der Waals surface area contributed by atoms with Gasteiger partial charge in [0.05, 0.1) is 0 Å². The largest absolute Gasteiger partial charge is 0.508 e. The first-order valence-corrected chi connectivity index (χ1v) is 7.60. The van der Waals surface area contributed by atoms with Crippen molar-refractivity contribution in [2.24, 2.45) is 0 Å². The van der Waals surface area contributed by atoms with Crippen LogP contribution >= 0.6 is 0 Å². The van der Waals surface area contributed by atoms with E-state index in [1.54, 1.807) is 12.1 Å². The summed E-state index contributed by atoms with van der Waals surface area (Å²) >= 11 is 0. The summed E-state index contributed by atoms with van der Waals surface area (Å²) in [6, 6.07) is 14.9. The Morgan fingerprint density at radius 3 is 1.00 bits per heavy atom. The van der Waals surface area contributed by atoms with Crippen LogP contribution in [0.15, 0.2) is 48.5 Å². The fraction of sp³-hybridized carbons (Fsp3) is 0.400. The molecule has 0 spiro atoms. The molecule has 0 fully saturated rings. The number of hydrogen-bond acceptors (Lipinski definition) is 2. The fourth-order valence-corrected chi connectivity index (χ4v) is 2.22. The molecule has 0 aliphatic heterocycles. The molecule has 0 unspecified atom stereocenters. The van der Waals surface area contributed by atoms with E-state index in [1.807, 2.05) is 36.4 Å². The minimum atomic E-state index is 0. The van der Waals surface area contributed by atoms with Crippen molar-refractivity contribution in [1.82, 2.24) is 0 Å². The van der Waals surface area contributed by atoms with Gasteiger partial charge in [-0.3, -0.25) is 0 Å². The Morgan fingerprint density at radius 2 is 0.826 bits per heavy atom. The van der Waals surface area contributed by atoms with E-state index in [1.165, 1.54) is 0 Å². The first kappa shape index (κ1) is 21.9. The van der Waals surface area contributed by atoms with Gasteiger partial charge in [0.2, 0.25) is 0 Å². The summed E-state index contributed by atoms with van der Waals surface area (Å²) in [6.45, 7) is 12.5. The Balaban J connectivity index is 0.000000403. The van der Waals surface area contributed by atoms with Crippen molar-refractivity contribution in [1.29, 1.82) is 0 Å². The van der Waals surface area contributed by atoms with Crippen LogP contribution in [0, 0.1) is 0 Å². The van der Waals surface area contributed by atoms with Gasteiger partial charge >= 0.3 is 0 Å². The first-order chi connectivity index (χ1) is 10.0. The van der Waals surface area contributed by atoms with E-state index in [4.69, 9.17) is 0 Å². The number of benzene rings is 2. The molecule has 0 saturated heterocycles. The molecule has 0 saturated carbocycles. The third-order valence-corrected chi connectivity index (χ3v) is 3.42. The summed E-state index contributed by atoms with van der Waals surface area (Å²) in [5.41, 5.74) is 2.07. The maximum absolute atomic E-state index is 9.45. The van der Waals surface area contributed by atoms with E-state index in [9.17, 15) is 10.2 Å². The molecule has 0 radical (unpaired) electrons. The second-order valence-corrected chi connectivity index (χ2v) is 7.53. The predicted molar refractivity (Wildman–Crippen MR) is 93.6 cm³/mol.